The molecule has 0 rings (SSSR count). The number of hydrogen-bond donors (Lipinski definition) is 0. The van der Waals surface area contributed by atoms with E-state index in [9.17, 15) is 0 Å². The third-order valence-electron chi connectivity index (χ3n) is 2.22. The maximum Gasteiger partial charge on any atom is -0.0419 e. The van der Waals surface area contributed by atoms with E-state index in [1.807, 2.05) is 0 Å². The summed E-state index contributed by atoms with van der Waals surface area (Å²) in [6, 6.07) is 0. The molecule has 0 aromatic carbocycles. The molecule has 1 atom stereocenters. The molecule has 0 fully saturated rings. The van der Waals surface area contributed by atoms with Crippen LogP contribution in [0.15, 0.2) is 0 Å². The Balaban J connectivity index is 3.26. The van der Waals surface area contributed by atoms with Crippen molar-refractivity contribution >= 4 is 0 Å². The Morgan fingerprint density at radius 3 is 1.90 bits per heavy atom. The van der Waals surface area contributed by atoms with Crippen LogP contribution in [0.25, 0.3) is 0 Å². The Morgan fingerprint density at radius 1 is 1.10 bits per heavy atom. The predicted octanol–water partition coefficient (Wildman–Crippen LogP) is 3.67. The fraction of sp³-hybridized carbons (Fsp3) is 0.900. The maximum absolute atomic E-state index is 3.98. The molecule has 0 N–H and O–H groups in total. The molecule has 61 valence electrons. The van der Waals surface area contributed by atoms with Crippen molar-refractivity contribution in [2.24, 2.45) is 11.8 Å². The Kier molecular flexibility index (Phi) is 5.76. The standard InChI is InChI=1S/C10H21/c1-5-10(6-2)8-7-9(3)4/h9-10H,3,5-8H2,1-2,4H3. The lowest BCUT2D eigenvalue weighted by atomic mass is 9.94. The lowest BCUT2D eigenvalue weighted by Crippen LogP contribution is -1.99. The van der Waals surface area contributed by atoms with Crippen molar-refractivity contribution in [1.82, 2.24) is 0 Å². The summed E-state index contributed by atoms with van der Waals surface area (Å²) in [7, 11) is 0. The quantitative estimate of drug-likeness (QED) is 0.548. The molecule has 1 unspecified atom stereocenters. The second kappa shape index (κ2) is 5.76. The molecule has 10 heavy (non-hydrogen) atoms. The fourth-order valence-corrected chi connectivity index (χ4v) is 1.22. The van der Waals surface area contributed by atoms with Gasteiger partial charge in [0.2, 0.25) is 0 Å². The second-order valence-corrected chi connectivity index (χ2v) is 3.37. The van der Waals surface area contributed by atoms with Gasteiger partial charge in [-0.15, -0.1) is 0 Å². The third-order valence-corrected chi connectivity index (χ3v) is 2.22. The third kappa shape index (κ3) is 4.84. The molecule has 1 radical (unpaired) electrons. The van der Waals surface area contributed by atoms with E-state index in [-0.39, 0.29) is 0 Å². The van der Waals surface area contributed by atoms with Gasteiger partial charge in [0.1, 0.15) is 0 Å². The average molecular weight is 141 g/mol. The summed E-state index contributed by atoms with van der Waals surface area (Å²) in [4.78, 5) is 0. The highest BCUT2D eigenvalue weighted by molar-refractivity contribution is 4.59. The summed E-state index contributed by atoms with van der Waals surface area (Å²) in [6.45, 7) is 10.7. The highest BCUT2D eigenvalue weighted by Gasteiger charge is 2.03. The molecule has 0 heteroatoms. The zero-order valence-electron chi connectivity index (χ0n) is 7.69. The van der Waals surface area contributed by atoms with E-state index in [4.69, 9.17) is 0 Å². The van der Waals surface area contributed by atoms with Gasteiger partial charge < -0.3 is 0 Å². The minimum absolute atomic E-state index is 0.639. The minimum Gasteiger partial charge on any atom is -0.0651 e. The molecular weight excluding hydrogens is 120 g/mol. The summed E-state index contributed by atoms with van der Waals surface area (Å²) >= 11 is 0. The lowest BCUT2D eigenvalue weighted by molar-refractivity contribution is 0.415. The average Bonchev–Trinajstić information content (AvgIpc) is 1.90. The minimum atomic E-state index is 0.639. The van der Waals surface area contributed by atoms with Gasteiger partial charge in [-0.2, -0.15) is 0 Å². The van der Waals surface area contributed by atoms with Gasteiger partial charge in [-0.1, -0.05) is 53.4 Å². The number of hydrogen-bond acceptors (Lipinski definition) is 0. The van der Waals surface area contributed by atoms with Gasteiger partial charge in [-0.25, -0.2) is 0 Å². The van der Waals surface area contributed by atoms with E-state index >= 15 is 0 Å². The van der Waals surface area contributed by atoms with Crippen LogP contribution in [-0.4, -0.2) is 0 Å². The SMILES string of the molecule is [CH2]C(C)CCC(CC)CC. The summed E-state index contributed by atoms with van der Waals surface area (Å²) in [5.74, 6) is 1.59. The van der Waals surface area contributed by atoms with Crippen molar-refractivity contribution in [2.75, 3.05) is 0 Å². The molecule has 0 amide bonds. The van der Waals surface area contributed by atoms with Gasteiger partial charge in [0.05, 0.1) is 0 Å². The molecule has 0 saturated heterocycles. The molecular formula is C10H21. The Morgan fingerprint density at radius 2 is 1.60 bits per heavy atom. The van der Waals surface area contributed by atoms with Crippen molar-refractivity contribution in [2.45, 2.75) is 46.5 Å². The van der Waals surface area contributed by atoms with Gasteiger partial charge in [0, 0.05) is 0 Å². The lowest BCUT2D eigenvalue weighted by Gasteiger charge is -2.12. The van der Waals surface area contributed by atoms with Gasteiger partial charge >= 0.3 is 0 Å². The van der Waals surface area contributed by atoms with E-state index in [1.165, 1.54) is 25.7 Å². The Hall–Kier alpha value is 0. The first kappa shape index (κ1) is 10.0. The normalized spacial score (nSPS) is 11.4. The molecule has 0 aliphatic rings. The molecule has 0 bridgehead atoms. The van der Waals surface area contributed by atoms with Crippen molar-refractivity contribution in [1.29, 1.82) is 0 Å². The Labute approximate surface area is 66.0 Å². The van der Waals surface area contributed by atoms with E-state index in [0.717, 1.165) is 5.92 Å². The summed E-state index contributed by atoms with van der Waals surface area (Å²) < 4.78 is 0. The largest absolute Gasteiger partial charge is 0.0651 e. The van der Waals surface area contributed by atoms with E-state index in [2.05, 4.69) is 27.7 Å². The first-order valence-electron chi connectivity index (χ1n) is 4.53. The zero-order valence-corrected chi connectivity index (χ0v) is 7.69. The molecule has 0 aliphatic carbocycles. The van der Waals surface area contributed by atoms with Crippen LogP contribution in [0.5, 0.6) is 0 Å². The molecule has 0 spiro atoms. The second-order valence-electron chi connectivity index (χ2n) is 3.37. The van der Waals surface area contributed by atoms with Gasteiger partial charge in [-0.3, -0.25) is 0 Å². The molecule has 0 heterocycles. The van der Waals surface area contributed by atoms with Gasteiger partial charge in [0.15, 0.2) is 0 Å². The van der Waals surface area contributed by atoms with Crippen LogP contribution in [-0.2, 0) is 0 Å². The van der Waals surface area contributed by atoms with Crippen LogP contribution in [0.1, 0.15) is 46.5 Å². The summed E-state index contributed by atoms with van der Waals surface area (Å²) in [6.07, 6.45) is 5.34. The van der Waals surface area contributed by atoms with Gasteiger partial charge in [0.25, 0.3) is 0 Å². The zero-order chi connectivity index (χ0) is 7.98. The van der Waals surface area contributed by atoms with E-state index < -0.39 is 0 Å². The van der Waals surface area contributed by atoms with Crippen LogP contribution in [0.3, 0.4) is 0 Å². The van der Waals surface area contributed by atoms with Crippen molar-refractivity contribution in [3.05, 3.63) is 6.92 Å². The molecule has 0 nitrogen and oxygen atoms in total. The van der Waals surface area contributed by atoms with Crippen molar-refractivity contribution in [3.63, 3.8) is 0 Å². The van der Waals surface area contributed by atoms with Crippen LogP contribution < -0.4 is 0 Å². The topological polar surface area (TPSA) is 0 Å². The predicted molar refractivity (Wildman–Crippen MR) is 47.8 cm³/mol. The van der Waals surface area contributed by atoms with Crippen LogP contribution in [0.2, 0.25) is 0 Å². The van der Waals surface area contributed by atoms with E-state index in [1.54, 1.807) is 0 Å². The smallest absolute Gasteiger partial charge is 0.0419 e. The van der Waals surface area contributed by atoms with E-state index in [0.29, 0.717) is 5.92 Å². The maximum atomic E-state index is 3.98. The molecule has 0 saturated carbocycles. The fourth-order valence-electron chi connectivity index (χ4n) is 1.22. The highest BCUT2D eigenvalue weighted by atomic mass is 14.1. The number of rotatable bonds is 5. The monoisotopic (exact) mass is 141 g/mol. The summed E-state index contributed by atoms with van der Waals surface area (Å²) in [5, 5.41) is 0. The van der Waals surface area contributed by atoms with Crippen molar-refractivity contribution < 1.29 is 0 Å². The highest BCUT2D eigenvalue weighted by Crippen LogP contribution is 2.17. The first-order valence-corrected chi connectivity index (χ1v) is 4.53. The molecule has 0 aromatic rings. The van der Waals surface area contributed by atoms with Crippen LogP contribution in [0.4, 0.5) is 0 Å². The molecule has 0 aromatic heterocycles. The van der Waals surface area contributed by atoms with Gasteiger partial charge in [-0.05, 0) is 11.8 Å². The van der Waals surface area contributed by atoms with Crippen LogP contribution in [0, 0.1) is 18.8 Å². The van der Waals surface area contributed by atoms with Crippen LogP contribution >= 0.6 is 0 Å². The van der Waals surface area contributed by atoms with Crippen molar-refractivity contribution in [3.8, 4) is 0 Å². The molecule has 0 aliphatic heterocycles. The Bertz CT molecular complexity index is 60.4. The summed E-state index contributed by atoms with van der Waals surface area (Å²) in [5.41, 5.74) is 0. The first-order chi connectivity index (χ1) is 4.70.